The van der Waals surface area contributed by atoms with Crippen molar-refractivity contribution in [1.29, 1.82) is 0 Å². The summed E-state index contributed by atoms with van der Waals surface area (Å²) in [6.07, 6.45) is 2.21. The highest BCUT2D eigenvalue weighted by Gasteiger charge is 2.15. The first-order valence-electron chi connectivity index (χ1n) is 5.63. The Morgan fingerprint density at radius 1 is 1.59 bits per heavy atom. The molecule has 5 nitrogen and oxygen atoms in total. The van der Waals surface area contributed by atoms with Gasteiger partial charge in [0.05, 0.1) is 12.1 Å². The molecule has 0 bridgehead atoms. The van der Waals surface area contributed by atoms with Crippen molar-refractivity contribution in [1.82, 2.24) is 0 Å². The lowest BCUT2D eigenvalue weighted by Crippen LogP contribution is -2.25. The second kappa shape index (κ2) is 5.05. The van der Waals surface area contributed by atoms with Crippen molar-refractivity contribution in [2.24, 2.45) is 0 Å². The SMILES string of the molecule is Nc1ccc(NC[C@@H]2CCCO2)c(C(=O)[O-])c1. The van der Waals surface area contributed by atoms with Crippen LogP contribution in [0.2, 0.25) is 0 Å². The Hall–Kier alpha value is -1.75. The Labute approximate surface area is 99.6 Å². The zero-order chi connectivity index (χ0) is 12.3. The van der Waals surface area contributed by atoms with E-state index in [1.165, 1.54) is 6.07 Å². The molecule has 5 heteroatoms. The molecule has 17 heavy (non-hydrogen) atoms. The van der Waals surface area contributed by atoms with Crippen LogP contribution < -0.4 is 16.2 Å². The Bertz CT molecular complexity index is 414. The predicted octanol–water partition coefficient (Wildman–Crippen LogP) is 0.223. The number of hydrogen-bond donors (Lipinski definition) is 2. The van der Waals surface area contributed by atoms with Crippen molar-refractivity contribution in [2.45, 2.75) is 18.9 Å². The van der Waals surface area contributed by atoms with E-state index in [0.29, 0.717) is 17.9 Å². The second-order valence-corrected chi connectivity index (χ2v) is 4.11. The molecule has 0 amide bonds. The topological polar surface area (TPSA) is 87.4 Å². The van der Waals surface area contributed by atoms with Gasteiger partial charge in [-0.1, -0.05) is 0 Å². The number of aromatic carboxylic acids is 1. The molecule has 0 unspecified atom stereocenters. The summed E-state index contributed by atoms with van der Waals surface area (Å²) in [6.45, 7) is 1.38. The molecule has 0 radical (unpaired) electrons. The highest BCUT2D eigenvalue weighted by Crippen LogP contribution is 2.19. The normalized spacial score (nSPS) is 19.2. The van der Waals surface area contributed by atoms with Crippen LogP contribution in [0, 0.1) is 0 Å². The molecule has 1 aromatic carbocycles. The summed E-state index contributed by atoms with van der Waals surface area (Å²) >= 11 is 0. The van der Waals surface area contributed by atoms with E-state index in [0.717, 1.165) is 19.4 Å². The Morgan fingerprint density at radius 3 is 3.06 bits per heavy atom. The zero-order valence-corrected chi connectivity index (χ0v) is 9.44. The molecule has 0 saturated carbocycles. The van der Waals surface area contributed by atoms with Gasteiger partial charge in [-0.15, -0.1) is 0 Å². The number of anilines is 2. The van der Waals surface area contributed by atoms with Crippen LogP contribution in [0.1, 0.15) is 23.2 Å². The summed E-state index contributed by atoms with van der Waals surface area (Å²) in [6, 6.07) is 4.70. The molecular weight excluding hydrogens is 220 g/mol. The minimum Gasteiger partial charge on any atom is -0.545 e. The Morgan fingerprint density at radius 2 is 2.41 bits per heavy atom. The molecule has 0 spiro atoms. The number of carboxylic acids is 1. The van der Waals surface area contributed by atoms with Gasteiger partial charge in [0.1, 0.15) is 0 Å². The highest BCUT2D eigenvalue weighted by atomic mass is 16.5. The maximum atomic E-state index is 10.9. The molecule has 2 rings (SSSR count). The molecular formula is C12H15N2O3-. The predicted molar refractivity (Wildman–Crippen MR) is 62.6 cm³/mol. The van der Waals surface area contributed by atoms with Gasteiger partial charge in [-0.2, -0.15) is 0 Å². The lowest BCUT2D eigenvalue weighted by Gasteiger charge is -2.16. The molecule has 1 aromatic rings. The molecule has 1 aliphatic heterocycles. The lowest BCUT2D eigenvalue weighted by atomic mass is 10.1. The van der Waals surface area contributed by atoms with E-state index < -0.39 is 5.97 Å². The Balaban J connectivity index is 2.06. The number of carboxylic acid groups (broad SMARTS) is 1. The summed E-state index contributed by atoms with van der Waals surface area (Å²) in [5.41, 5.74) is 6.56. The summed E-state index contributed by atoms with van der Waals surface area (Å²) in [7, 11) is 0. The van der Waals surface area contributed by atoms with Crippen molar-refractivity contribution in [2.75, 3.05) is 24.2 Å². The summed E-state index contributed by atoms with van der Waals surface area (Å²) < 4.78 is 5.45. The van der Waals surface area contributed by atoms with E-state index in [1.807, 2.05) is 0 Å². The first-order valence-corrected chi connectivity index (χ1v) is 5.63. The molecule has 0 aromatic heterocycles. The van der Waals surface area contributed by atoms with Crippen LogP contribution in [0.3, 0.4) is 0 Å². The van der Waals surface area contributed by atoms with E-state index in [-0.39, 0.29) is 11.7 Å². The van der Waals surface area contributed by atoms with Crippen LogP contribution in [0.4, 0.5) is 11.4 Å². The van der Waals surface area contributed by atoms with E-state index in [2.05, 4.69) is 5.32 Å². The molecule has 1 fully saturated rings. The average Bonchev–Trinajstić information content (AvgIpc) is 2.80. The quantitative estimate of drug-likeness (QED) is 0.729. The molecule has 1 saturated heterocycles. The van der Waals surface area contributed by atoms with Crippen LogP contribution in [0.25, 0.3) is 0 Å². The number of nitrogen functional groups attached to an aromatic ring is 1. The standard InChI is InChI=1S/C12H16N2O3/c13-8-3-4-11(10(6-8)12(15)16)14-7-9-2-1-5-17-9/h3-4,6,9,14H,1-2,5,7,13H2,(H,15,16)/p-1/t9-/m0/s1. The first-order chi connectivity index (χ1) is 8.16. The molecule has 3 N–H and O–H groups in total. The van der Waals surface area contributed by atoms with Gasteiger partial charge >= 0.3 is 0 Å². The fraction of sp³-hybridized carbons (Fsp3) is 0.417. The molecule has 92 valence electrons. The highest BCUT2D eigenvalue weighted by molar-refractivity contribution is 5.93. The van der Waals surface area contributed by atoms with Crippen LogP contribution in [-0.2, 0) is 4.74 Å². The fourth-order valence-electron chi connectivity index (χ4n) is 1.91. The monoisotopic (exact) mass is 235 g/mol. The van der Waals surface area contributed by atoms with Gasteiger partial charge in [0.2, 0.25) is 0 Å². The number of rotatable bonds is 4. The van der Waals surface area contributed by atoms with Crippen LogP contribution in [0.15, 0.2) is 18.2 Å². The van der Waals surface area contributed by atoms with Gasteiger partial charge in [0.25, 0.3) is 0 Å². The summed E-state index contributed by atoms with van der Waals surface area (Å²) in [5.74, 6) is -1.23. The van der Waals surface area contributed by atoms with E-state index in [1.54, 1.807) is 12.1 Å². The largest absolute Gasteiger partial charge is 0.545 e. The third kappa shape index (κ3) is 2.88. The number of nitrogens with two attached hydrogens (primary N) is 1. The van der Waals surface area contributed by atoms with Crippen LogP contribution in [0.5, 0.6) is 0 Å². The van der Waals surface area contributed by atoms with Gasteiger partial charge in [-0.25, -0.2) is 0 Å². The average molecular weight is 235 g/mol. The minimum atomic E-state index is -1.23. The maximum absolute atomic E-state index is 10.9. The molecule has 0 aliphatic carbocycles. The third-order valence-corrected chi connectivity index (χ3v) is 2.81. The summed E-state index contributed by atoms with van der Waals surface area (Å²) in [5, 5.41) is 14.0. The van der Waals surface area contributed by atoms with Crippen molar-refractivity contribution < 1.29 is 14.6 Å². The number of nitrogens with one attached hydrogen (secondary N) is 1. The van der Waals surface area contributed by atoms with E-state index in [4.69, 9.17) is 10.5 Å². The second-order valence-electron chi connectivity index (χ2n) is 4.11. The Kier molecular flexibility index (Phi) is 3.49. The van der Waals surface area contributed by atoms with Gasteiger partial charge in [-0.05, 0) is 31.0 Å². The van der Waals surface area contributed by atoms with Gasteiger partial charge < -0.3 is 25.7 Å². The number of benzene rings is 1. The number of carbonyl (C=O) groups excluding carboxylic acids is 1. The lowest BCUT2D eigenvalue weighted by molar-refractivity contribution is -0.254. The molecule has 1 aliphatic rings. The van der Waals surface area contributed by atoms with Crippen molar-refractivity contribution in [3.63, 3.8) is 0 Å². The maximum Gasteiger partial charge on any atom is 0.0748 e. The van der Waals surface area contributed by atoms with Crippen LogP contribution in [-0.4, -0.2) is 25.2 Å². The zero-order valence-electron chi connectivity index (χ0n) is 9.44. The van der Waals surface area contributed by atoms with Crippen molar-refractivity contribution in [3.8, 4) is 0 Å². The van der Waals surface area contributed by atoms with Gasteiger partial charge in [0, 0.05) is 30.1 Å². The number of carbonyl (C=O) groups is 1. The smallest absolute Gasteiger partial charge is 0.0748 e. The molecule has 1 heterocycles. The van der Waals surface area contributed by atoms with Crippen LogP contribution >= 0.6 is 0 Å². The number of ether oxygens (including phenoxy) is 1. The molecule has 1 atom stereocenters. The van der Waals surface area contributed by atoms with E-state index >= 15 is 0 Å². The van der Waals surface area contributed by atoms with Crippen molar-refractivity contribution >= 4 is 17.3 Å². The van der Waals surface area contributed by atoms with Gasteiger partial charge in [-0.3, -0.25) is 0 Å². The number of hydrogen-bond acceptors (Lipinski definition) is 5. The minimum absolute atomic E-state index is 0.0861. The van der Waals surface area contributed by atoms with Gasteiger partial charge in [0.15, 0.2) is 0 Å². The third-order valence-electron chi connectivity index (χ3n) is 2.81. The fourth-order valence-corrected chi connectivity index (χ4v) is 1.91. The van der Waals surface area contributed by atoms with Crippen molar-refractivity contribution in [3.05, 3.63) is 23.8 Å². The van der Waals surface area contributed by atoms with E-state index in [9.17, 15) is 9.90 Å². The first kappa shape index (κ1) is 11.7. The summed E-state index contributed by atoms with van der Waals surface area (Å²) in [4.78, 5) is 10.9.